The minimum absolute atomic E-state index is 0.00549. The van der Waals surface area contributed by atoms with Crippen molar-refractivity contribution in [2.45, 2.75) is 44.0 Å². The van der Waals surface area contributed by atoms with Gasteiger partial charge in [-0.1, -0.05) is 0 Å². The summed E-state index contributed by atoms with van der Waals surface area (Å²) < 4.78 is 26.4. The van der Waals surface area contributed by atoms with Crippen molar-refractivity contribution in [1.82, 2.24) is 14.6 Å². The second-order valence-electron chi connectivity index (χ2n) is 6.61. The minimum atomic E-state index is -3.51. The van der Waals surface area contributed by atoms with Gasteiger partial charge in [0.15, 0.2) is 0 Å². The maximum atomic E-state index is 12.5. The topological polar surface area (TPSA) is 79.4 Å². The molecule has 1 saturated heterocycles. The van der Waals surface area contributed by atoms with E-state index in [2.05, 4.69) is 10.3 Å². The number of amides is 1. The summed E-state index contributed by atoms with van der Waals surface area (Å²) in [4.78, 5) is 16.2. The first-order chi connectivity index (χ1) is 10.2. The van der Waals surface area contributed by atoms with Gasteiger partial charge in [0.05, 0.1) is 0 Å². The summed E-state index contributed by atoms with van der Waals surface area (Å²) >= 11 is 0. The van der Waals surface area contributed by atoms with E-state index in [9.17, 15) is 13.2 Å². The van der Waals surface area contributed by atoms with Crippen molar-refractivity contribution in [2.24, 2.45) is 5.92 Å². The molecule has 0 saturated carbocycles. The zero-order valence-electron chi connectivity index (χ0n) is 13.2. The van der Waals surface area contributed by atoms with E-state index in [1.165, 1.54) is 10.5 Å². The highest BCUT2D eigenvalue weighted by atomic mass is 32.2. The molecule has 22 heavy (non-hydrogen) atoms. The molecule has 0 aromatic carbocycles. The fourth-order valence-electron chi connectivity index (χ4n) is 2.48. The van der Waals surface area contributed by atoms with Crippen LogP contribution in [0.5, 0.6) is 0 Å². The quantitative estimate of drug-likeness (QED) is 0.911. The van der Waals surface area contributed by atoms with Gasteiger partial charge in [0.2, 0.25) is 15.9 Å². The molecule has 2 heterocycles. The molecule has 0 unspecified atom stereocenters. The number of carbonyl (C=O) groups is 1. The Balaban J connectivity index is 1.99. The molecule has 0 atom stereocenters. The van der Waals surface area contributed by atoms with E-state index in [-0.39, 0.29) is 22.3 Å². The summed E-state index contributed by atoms with van der Waals surface area (Å²) in [5.74, 6) is -0.120. The van der Waals surface area contributed by atoms with Crippen molar-refractivity contribution in [3.05, 3.63) is 24.5 Å². The SMILES string of the molecule is CC(C)(C)NC(=O)C1CCN(S(=O)(=O)c2cccnc2)CC1. The molecule has 0 spiro atoms. The van der Waals surface area contributed by atoms with E-state index in [1.807, 2.05) is 20.8 Å². The first-order valence-electron chi connectivity index (χ1n) is 7.42. The van der Waals surface area contributed by atoms with E-state index >= 15 is 0 Å². The van der Waals surface area contributed by atoms with Crippen LogP contribution in [0.3, 0.4) is 0 Å². The van der Waals surface area contributed by atoms with Crippen LogP contribution in [0, 0.1) is 5.92 Å². The normalized spacial score (nSPS) is 18.1. The number of rotatable bonds is 3. The van der Waals surface area contributed by atoms with Crippen LogP contribution in [0.15, 0.2) is 29.4 Å². The number of carbonyl (C=O) groups excluding carboxylic acids is 1. The summed E-state index contributed by atoms with van der Waals surface area (Å²) in [6, 6.07) is 3.15. The molecule has 0 aliphatic carbocycles. The van der Waals surface area contributed by atoms with E-state index in [1.54, 1.807) is 18.3 Å². The molecule has 2 rings (SSSR count). The van der Waals surface area contributed by atoms with Gasteiger partial charge in [0.1, 0.15) is 4.90 Å². The lowest BCUT2D eigenvalue weighted by atomic mass is 9.96. The van der Waals surface area contributed by atoms with Gasteiger partial charge in [-0.15, -0.1) is 0 Å². The number of aromatic nitrogens is 1. The Hall–Kier alpha value is -1.47. The molecule has 7 heteroatoms. The van der Waals surface area contributed by atoms with E-state index in [4.69, 9.17) is 0 Å². The predicted molar refractivity (Wildman–Crippen MR) is 83.6 cm³/mol. The van der Waals surface area contributed by atoms with Crippen molar-refractivity contribution in [1.29, 1.82) is 0 Å². The minimum Gasteiger partial charge on any atom is -0.351 e. The van der Waals surface area contributed by atoms with E-state index < -0.39 is 10.0 Å². The van der Waals surface area contributed by atoms with Crippen LogP contribution in [-0.4, -0.2) is 42.2 Å². The van der Waals surface area contributed by atoms with Crippen molar-refractivity contribution in [3.63, 3.8) is 0 Å². The molecule has 1 aromatic rings. The van der Waals surface area contributed by atoms with E-state index in [0.717, 1.165) is 0 Å². The van der Waals surface area contributed by atoms with Gasteiger partial charge in [-0.25, -0.2) is 8.42 Å². The van der Waals surface area contributed by atoms with Crippen LogP contribution < -0.4 is 5.32 Å². The molecule has 1 aliphatic heterocycles. The molecule has 1 N–H and O–H groups in total. The van der Waals surface area contributed by atoms with Crippen LogP contribution in [0.2, 0.25) is 0 Å². The van der Waals surface area contributed by atoms with Gasteiger partial charge in [-0.3, -0.25) is 9.78 Å². The van der Waals surface area contributed by atoms with Crippen molar-refractivity contribution in [3.8, 4) is 0 Å². The molecule has 1 fully saturated rings. The summed E-state index contributed by atoms with van der Waals surface area (Å²) in [7, 11) is -3.51. The highest BCUT2D eigenvalue weighted by Crippen LogP contribution is 2.24. The third-order valence-corrected chi connectivity index (χ3v) is 5.48. The molecule has 1 aliphatic rings. The third kappa shape index (κ3) is 4.04. The van der Waals surface area contributed by atoms with Gasteiger partial charge < -0.3 is 5.32 Å². The Morgan fingerprint density at radius 1 is 1.32 bits per heavy atom. The Bertz CT molecular complexity index is 615. The number of nitrogens with zero attached hydrogens (tertiary/aromatic N) is 2. The maximum absolute atomic E-state index is 12.5. The zero-order valence-corrected chi connectivity index (χ0v) is 14.1. The average molecular weight is 325 g/mol. The average Bonchev–Trinajstić information content (AvgIpc) is 2.46. The number of piperidine rings is 1. The molecular formula is C15H23N3O3S. The molecule has 0 bridgehead atoms. The Morgan fingerprint density at radius 2 is 1.95 bits per heavy atom. The van der Waals surface area contributed by atoms with Crippen LogP contribution in [0.4, 0.5) is 0 Å². The highest BCUT2D eigenvalue weighted by molar-refractivity contribution is 7.89. The lowest BCUT2D eigenvalue weighted by molar-refractivity contribution is -0.127. The molecule has 6 nitrogen and oxygen atoms in total. The van der Waals surface area contributed by atoms with Crippen molar-refractivity contribution >= 4 is 15.9 Å². The summed E-state index contributed by atoms with van der Waals surface area (Å²) in [5.41, 5.74) is -0.268. The molecule has 0 radical (unpaired) electrons. The Labute approximate surface area is 132 Å². The van der Waals surface area contributed by atoms with E-state index in [0.29, 0.717) is 25.9 Å². The Kier molecular flexibility index (Phi) is 4.87. The van der Waals surface area contributed by atoms with Gasteiger partial charge in [0.25, 0.3) is 0 Å². The van der Waals surface area contributed by atoms with Crippen LogP contribution in [-0.2, 0) is 14.8 Å². The number of sulfonamides is 1. The first kappa shape index (κ1) is 16.9. The van der Waals surface area contributed by atoms with Crippen LogP contribution >= 0.6 is 0 Å². The second kappa shape index (κ2) is 6.34. The standard InChI is InChI=1S/C15H23N3O3S/c1-15(2,3)17-14(19)12-6-9-18(10-7-12)22(20,21)13-5-4-8-16-11-13/h4-5,8,11-12H,6-7,9-10H2,1-3H3,(H,17,19). The predicted octanol–water partition coefficient (Wildman–Crippen LogP) is 1.40. The largest absolute Gasteiger partial charge is 0.351 e. The van der Waals surface area contributed by atoms with Gasteiger partial charge in [-0.2, -0.15) is 4.31 Å². The highest BCUT2D eigenvalue weighted by Gasteiger charge is 2.33. The molecule has 122 valence electrons. The number of nitrogens with one attached hydrogen (secondary N) is 1. The summed E-state index contributed by atoms with van der Waals surface area (Å²) in [6.07, 6.45) is 3.98. The summed E-state index contributed by atoms with van der Waals surface area (Å²) in [6.45, 7) is 6.53. The molecule has 1 amide bonds. The first-order valence-corrected chi connectivity index (χ1v) is 8.86. The monoisotopic (exact) mass is 325 g/mol. The fraction of sp³-hybridized carbons (Fsp3) is 0.600. The third-order valence-electron chi connectivity index (χ3n) is 3.60. The van der Waals surface area contributed by atoms with Crippen molar-refractivity contribution in [2.75, 3.05) is 13.1 Å². The molecule has 1 aromatic heterocycles. The lowest BCUT2D eigenvalue weighted by Crippen LogP contribution is -2.47. The second-order valence-corrected chi connectivity index (χ2v) is 8.54. The molecular weight excluding hydrogens is 302 g/mol. The summed E-state index contributed by atoms with van der Waals surface area (Å²) in [5, 5.41) is 2.96. The van der Waals surface area contributed by atoms with Gasteiger partial charge in [-0.05, 0) is 45.7 Å². The smallest absolute Gasteiger partial charge is 0.244 e. The van der Waals surface area contributed by atoms with Crippen LogP contribution in [0.25, 0.3) is 0 Å². The maximum Gasteiger partial charge on any atom is 0.244 e. The van der Waals surface area contributed by atoms with Gasteiger partial charge >= 0.3 is 0 Å². The zero-order chi connectivity index (χ0) is 16.4. The number of hydrogen-bond donors (Lipinski definition) is 1. The fourth-order valence-corrected chi connectivity index (χ4v) is 3.91. The van der Waals surface area contributed by atoms with Crippen LogP contribution in [0.1, 0.15) is 33.6 Å². The van der Waals surface area contributed by atoms with Crippen molar-refractivity contribution < 1.29 is 13.2 Å². The number of pyridine rings is 1. The van der Waals surface area contributed by atoms with Gasteiger partial charge in [0, 0.05) is 36.9 Å². The Morgan fingerprint density at radius 3 is 2.45 bits per heavy atom. The number of hydrogen-bond acceptors (Lipinski definition) is 4. The lowest BCUT2D eigenvalue weighted by Gasteiger charge is -2.32.